The number of pyridine rings is 1. The lowest BCUT2D eigenvalue weighted by molar-refractivity contribution is -0.245. The van der Waals surface area contributed by atoms with Gasteiger partial charge in [-0.1, -0.05) is 64.2 Å². The first-order chi connectivity index (χ1) is 59.2. The Labute approximate surface area is 719 Å². The topological polar surface area (TPSA) is 423 Å². The van der Waals surface area contributed by atoms with Crippen molar-refractivity contribution in [3.63, 3.8) is 0 Å². The number of esters is 1. The summed E-state index contributed by atoms with van der Waals surface area (Å²) in [6.45, 7) is 17.9. The third kappa shape index (κ3) is 25.5. The maximum atomic E-state index is 14.8. The Morgan fingerprint density at radius 3 is 2.27 bits per heavy atom. The average Bonchev–Trinajstić information content (AvgIpc) is 1.76. The molecule has 1 saturated carbocycles. The number of aromatic amines is 1. The molecule has 10 heterocycles. The number of allylic oxidation sites excluding steroid dienone is 6. The number of H-pyrrole nitrogens is 1. The van der Waals surface area contributed by atoms with Crippen molar-refractivity contribution in [1.29, 1.82) is 0 Å². The molecule has 2 bridgehead atoms. The largest absolute Gasteiger partial charge is 0.460 e. The first-order valence-electron chi connectivity index (χ1n) is 43.7. The lowest BCUT2D eigenvalue weighted by atomic mass is 9.78. The minimum absolute atomic E-state index is 0.00400. The van der Waals surface area contributed by atoms with Crippen LogP contribution in [-0.2, 0) is 84.6 Å². The smallest absolute Gasteiger partial charge is 0.407 e. The Morgan fingerprint density at radius 1 is 0.764 bits per heavy atom. The number of hydrogen-bond acceptors (Lipinski definition) is 27. The number of carbonyl (C=O) groups excluding carboxylic acids is 9. The van der Waals surface area contributed by atoms with Crippen molar-refractivity contribution in [3.8, 4) is 11.3 Å². The number of amides is 5. The number of ketones is 3. The van der Waals surface area contributed by atoms with Crippen LogP contribution in [0.15, 0.2) is 90.8 Å². The van der Waals surface area contributed by atoms with Crippen molar-refractivity contribution in [3.05, 3.63) is 96.4 Å². The summed E-state index contributed by atoms with van der Waals surface area (Å²) in [7, 11) is 4.48. The zero-order chi connectivity index (χ0) is 87.9. The van der Waals surface area contributed by atoms with Crippen molar-refractivity contribution in [1.82, 2.24) is 69.9 Å². The van der Waals surface area contributed by atoms with Gasteiger partial charge < -0.3 is 84.3 Å². The average molecular weight is 1710 g/mol. The van der Waals surface area contributed by atoms with Gasteiger partial charge in [-0.05, 0) is 132 Å². The molecule has 11 rings (SSSR count). The van der Waals surface area contributed by atoms with Crippen LogP contribution in [0.3, 0.4) is 0 Å². The van der Waals surface area contributed by atoms with Crippen LogP contribution in [0.1, 0.15) is 163 Å². The van der Waals surface area contributed by atoms with E-state index >= 15 is 0 Å². The predicted octanol–water partition coefficient (Wildman–Crippen LogP) is 7.50. The summed E-state index contributed by atoms with van der Waals surface area (Å²) in [4.78, 5) is 159. The van der Waals surface area contributed by atoms with E-state index in [-0.39, 0.29) is 106 Å². The summed E-state index contributed by atoms with van der Waals surface area (Å²) < 4.78 is 43.7. The number of methoxy groups -OCH3 is 3. The number of nitrogens with two attached hydrogens (primary N) is 1. The lowest BCUT2D eigenvalue weighted by Crippen LogP contribution is -2.58. The molecule has 34 heteroatoms. The molecule has 34 nitrogen and oxygen atoms in total. The Hall–Kier alpha value is -9.81. The van der Waals surface area contributed by atoms with Gasteiger partial charge in [0.2, 0.25) is 29.5 Å². The number of nitrogen functional groups attached to an aromatic ring is 1. The van der Waals surface area contributed by atoms with Crippen LogP contribution < -0.4 is 21.3 Å². The van der Waals surface area contributed by atoms with Gasteiger partial charge in [0, 0.05) is 192 Å². The number of piperazine rings is 2. The molecule has 0 aromatic carbocycles. The molecule has 5 aromatic heterocycles. The Bertz CT molecular complexity index is 4550. The Kier molecular flexibility index (Phi) is 34.5. The molecule has 5 amide bonds. The standard InChI is InChI=1S/C89H126N16O18/c1-56-18-11-10-12-19-57(2)70(117-7)49-66-20-17-28-89(116,123-66)81(112)85(113)104-31-15-13-21-67(104)86(114)121-71(50-68(106)58(3)45-61(6)79(111)80(119-9)78(110)60(5)44-56)59(4)46-62-22-23-69(72(47-62)118-8)122-88(115)96-53-63-51-94-87(95-52-63)103-39-37-102(38-40-103)75(109)27-42-120-43-41-100-33-35-101(36-34-100)74(108)25-24-73(107)91-29-14-16-32-105-84-76(82(90)97-55-98-84)77(99-105)65-48-64-26-30-92-83(64)93-54-65/h10-12,18-19,26,30,45,48,51-52,54-56,58-60,62,66-67,69-72,79-80,111,116H,13-17,20-25,27-29,31-44,46-47,49-50,53H2,1-9H3,(H,91,107)(H,92,93)(H,96,115)(H2,90,97,98)/b12-10?,18-11+,57-19?,61-45+/t56-,58-,59-,60-,62+,66+,67+,69-,70+,71+,72-,79-,80+,89-/m1/s1. The number of aryl methyl sites for hydroxylation is 1. The van der Waals surface area contributed by atoms with Crippen LogP contribution in [0.5, 0.6) is 0 Å². The number of hydrogen-bond donors (Lipinski definition) is 6. The van der Waals surface area contributed by atoms with Crippen LogP contribution in [0.2, 0.25) is 0 Å². The van der Waals surface area contributed by atoms with Gasteiger partial charge >= 0.3 is 12.1 Å². The van der Waals surface area contributed by atoms with Crippen molar-refractivity contribution in [2.45, 2.75) is 225 Å². The number of fused-ring (bicyclic) bond motifs is 5. The normalized spacial score (nSPS) is 27.2. The molecule has 7 N–H and O–H groups in total. The summed E-state index contributed by atoms with van der Waals surface area (Å²) in [6.07, 6.45) is 19.1. The molecular weight excluding hydrogens is 1580 g/mol. The third-order valence-corrected chi connectivity index (χ3v) is 24.9. The van der Waals surface area contributed by atoms with Gasteiger partial charge in [0.25, 0.3) is 11.7 Å². The fraction of sp³-hybridized carbons (Fsp3) is 0.629. The van der Waals surface area contributed by atoms with E-state index < -0.39 is 96.1 Å². The van der Waals surface area contributed by atoms with Gasteiger partial charge in [-0.2, -0.15) is 5.10 Å². The molecule has 123 heavy (non-hydrogen) atoms. The highest BCUT2D eigenvalue weighted by atomic mass is 16.6. The summed E-state index contributed by atoms with van der Waals surface area (Å²) in [5, 5.41) is 35.8. The van der Waals surface area contributed by atoms with Gasteiger partial charge in [0.15, 0.2) is 11.4 Å². The predicted molar refractivity (Wildman–Crippen MR) is 457 cm³/mol. The second-order valence-electron chi connectivity index (χ2n) is 33.9. The number of alkyl carbamates (subject to hydrolysis) is 1. The number of aliphatic hydroxyl groups excluding tert-OH is 1. The van der Waals surface area contributed by atoms with Gasteiger partial charge in [0.1, 0.15) is 59.7 Å². The number of ether oxygens (including phenoxy) is 7. The van der Waals surface area contributed by atoms with E-state index in [9.17, 15) is 53.4 Å². The molecule has 5 aromatic rings. The Balaban J connectivity index is 0.585. The molecule has 4 saturated heterocycles. The summed E-state index contributed by atoms with van der Waals surface area (Å²) in [6, 6.07) is 2.73. The summed E-state index contributed by atoms with van der Waals surface area (Å²) in [5.41, 5.74) is 11.0. The lowest BCUT2D eigenvalue weighted by Gasteiger charge is -2.40. The van der Waals surface area contributed by atoms with Crippen molar-refractivity contribution >= 4 is 86.9 Å². The highest BCUT2D eigenvalue weighted by Crippen LogP contribution is 2.38. The number of aliphatic hydroxyl groups is 2. The SMILES string of the molecule is CO[C@H]1C[C@@H]2CCC[C@@](O)(O2)C(=O)C(=O)N2CCCC[C@H]2C(=O)O[C@H]([C@H](C)C[C@@H]2CC[C@@H](OC(=O)NCc3cnc(N4CCN(C(=O)CCOCCN5CCN(C(=O)CCC(=O)NCCCCn6nc(-c7cnc8[nH]ccc8c7)c7c(N)ncnc76)CC5)CC4)nc3)[C@H](OC)C2)CC(=O)[C@H](C)/C=C(\C)[C@@H](O)[C@@H](OC)C(=O)[C@H](C)C[C@H](C)/C=C/C=CC=C1C. The first kappa shape index (κ1) is 93.9. The van der Waals surface area contributed by atoms with E-state index in [4.69, 9.17) is 44.0 Å². The molecule has 5 fully saturated rings. The van der Waals surface area contributed by atoms with E-state index in [2.05, 4.69) is 45.4 Å². The van der Waals surface area contributed by atoms with Crippen LogP contribution in [0.4, 0.5) is 16.6 Å². The van der Waals surface area contributed by atoms with E-state index in [0.29, 0.717) is 182 Å². The van der Waals surface area contributed by atoms with Crippen LogP contribution in [0, 0.1) is 29.6 Å². The molecule has 670 valence electrons. The first-order valence-corrected chi connectivity index (χ1v) is 43.7. The second kappa shape index (κ2) is 45.2. The minimum Gasteiger partial charge on any atom is -0.460 e. The number of carbonyl (C=O) groups is 9. The fourth-order valence-electron chi connectivity index (χ4n) is 17.5. The number of anilines is 2. The number of nitrogens with one attached hydrogen (secondary N) is 3. The van der Waals surface area contributed by atoms with E-state index in [1.165, 1.54) is 13.4 Å². The van der Waals surface area contributed by atoms with E-state index in [1.807, 2.05) is 84.0 Å². The molecule has 0 spiro atoms. The third-order valence-electron chi connectivity index (χ3n) is 24.9. The fourth-order valence-corrected chi connectivity index (χ4v) is 17.5. The van der Waals surface area contributed by atoms with Gasteiger partial charge in [-0.15, -0.1) is 0 Å². The number of unbranched alkanes of at least 4 members (excludes halogenated alkanes) is 1. The number of cyclic esters (lactones) is 1. The number of rotatable bonds is 25. The maximum Gasteiger partial charge on any atom is 0.407 e. The molecule has 14 atom stereocenters. The molecule has 0 radical (unpaired) electrons. The number of nitrogens with zero attached hydrogens (tertiary/aromatic N) is 12. The summed E-state index contributed by atoms with van der Waals surface area (Å²) >= 11 is 0. The molecule has 6 aliphatic rings. The molecule has 0 unspecified atom stereocenters. The molecule has 1 aliphatic carbocycles. The highest BCUT2D eigenvalue weighted by molar-refractivity contribution is 6.39. The van der Waals surface area contributed by atoms with Crippen molar-refractivity contribution in [2.75, 3.05) is 117 Å². The number of Topliss-reactive ketones (excluding diaryl/α,β-unsaturated/α-hetero) is 3. The maximum absolute atomic E-state index is 14.8. The van der Waals surface area contributed by atoms with Crippen LogP contribution in [-0.4, -0.2) is 284 Å². The van der Waals surface area contributed by atoms with Gasteiger partial charge in [-0.25, -0.2) is 39.2 Å². The van der Waals surface area contributed by atoms with E-state index in [0.717, 1.165) is 33.5 Å². The van der Waals surface area contributed by atoms with Crippen molar-refractivity contribution in [2.24, 2.45) is 29.6 Å². The minimum atomic E-state index is -2.45. The summed E-state index contributed by atoms with van der Waals surface area (Å²) in [5.74, 6) is -7.35. The van der Waals surface area contributed by atoms with Gasteiger partial charge in [0.05, 0.1) is 43.3 Å². The van der Waals surface area contributed by atoms with Crippen LogP contribution >= 0.6 is 0 Å². The van der Waals surface area contributed by atoms with Crippen LogP contribution in [0.25, 0.3) is 33.3 Å². The second-order valence-corrected chi connectivity index (χ2v) is 33.9. The quantitative estimate of drug-likeness (QED) is 0.0142. The van der Waals surface area contributed by atoms with Crippen molar-refractivity contribution < 1.29 is 86.5 Å². The highest BCUT2D eigenvalue weighted by Gasteiger charge is 2.50. The Morgan fingerprint density at radius 2 is 1.52 bits per heavy atom. The zero-order valence-electron chi connectivity index (χ0n) is 72.7. The number of aromatic nitrogens is 8. The van der Waals surface area contributed by atoms with E-state index in [1.54, 1.807) is 64.6 Å². The zero-order valence-corrected chi connectivity index (χ0v) is 72.7. The monoisotopic (exact) mass is 1710 g/mol. The van der Waals surface area contributed by atoms with Gasteiger partial charge in [-0.3, -0.25) is 38.5 Å². The molecular formula is C89H126N16O18. The molecule has 5 aliphatic heterocycles. The number of piperidine rings is 1.